The van der Waals surface area contributed by atoms with E-state index in [0.717, 1.165) is 15.6 Å². The van der Waals surface area contributed by atoms with Gasteiger partial charge in [-0.1, -0.05) is 76.6 Å². The van der Waals surface area contributed by atoms with Crippen molar-refractivity contribution in [3.63, 3.8) is 0 Å². The standard InChI is InChI=1S/C19H20BrNO3S/c1-21(14-17-11-5-6-12-18(17)20)19(22)15-25(23,24)13-7-10-16-8-3-2-4-9-16/h2-12H,13-15H2,1H3/b10-7+. The van der Waals surface area contributed by atoms with Crippen LogP contribution in [0.25, 0.3) is 6.08 Å². The molecule has 0 aliphatic heterocycles. The lowest BCUT2D eigenvalue weighted by Crippen LogP contribution is -2.32. The molecule has 132 valence electrons. The molecule has 1 amide bonds. The van der Waals surface area contributed by atoms with E-state index in [1.807, 2.05) is 54.6 Å². The summed E-state index contributed by atoms with van der Waals surface area (Å²) in [6.45, 7) is 0.357. The molecule has 0 bridgehead atoms. The number of hydrogen-bond donors (Lipinski definition) is 0. The van der Waals surface area contributed by atoms with Crippen LogP contribution in [0.4, 0.5) is 0 Å². The number of nitrogens with zero attached hydrogens (tertiary/aromatic N) is 1. The maximum absolute atomic E-state index is 12.2. The number of halogens is 1. The Hall–Kier alpha value is -1.92. The maximum Gasteiger partial charge on any atom is 0.237 e. The Kier molecular flexibility index (Phi) is 6.96. The third-order valence-corrected chi connectivity index (χ3v) is 5.76. The van der Waals surface area contributed by atoms with Gasteiger partial charge in [0.15, 0.2) is 9.84 Å². The minimum absolute atomic E-state index is 0.156. The molecule has 0 saturated carbocycles. The lowest BCUT2D eigenvalue weighted by molar-refractivity contribution is -0.127. The first-order valence-electron chi connectivity index (χ1n) is 7.77. The second-order valence-corrected chi connectivity index (χ2v) is 8.67. The van der Waals surface area contributed by atoms with Crippen molar-refractivity contribution in [2.75, 3.05) is 18.6 Å². The van der Waals surface area contributed by atoms with E-state index in [2.05, 4.69) is 15.9 Å². The fraction of sp³-hybridized carbons (Fsp3) is 0.211. The highest BCUT2D eigenvalue weighted by molar-refractivity contribution is 9.10. The molecule has 0 heterocycles. The first-order valence-corrected chi connectivity index (χ1v) is 10.4. The highest BCUT2D eigenvalue weighted by Crippen LogP contribution is 2.17. The van der Waals surface area contributed by atoms with Gasteiger partial charge >= 0.3 is 0 Å². The summed E-state index contributed by atoms with van der Waals surface area (Å²) in [5.41, 5.74) is 1.86. The van der Waals surface area contributed by atoms with Crippen molar-refractivity contribution in [2.45, 2.75) is 6.54 Å². The molecular weight excluding hydrogens is 402 g/mol. The van der Waals surface area contributed by atoms with Crippen LogP contribution < -0.4 is 0 Å². The summed E-state index contributed by atoms with van der Waals surface area (Å²) in [4.78, 5) is 13.6. The van der Waals surface area contributed by atoms with Crippen LogP contribution in [0.1, 0.15) is 11.1 Å². The van der Waals surface area contributed by atoms with Gasteiger partial charge in [0, 0.05) is 18.1 Å². The Balaban J connectivity index is 1.91. The highest BCUT2D eigenvalue weighted by atomic mass is 79.9. The molecule has 0 aliphatic carbocycles. The Morgan fingerprint density at radius 1 is 1.08 bits per heavy atom. The number of carbonyl (C=O) groups excluding carboxylic acids is 1. The Labute approximate surface area is 157 Å². The molecule has 2 aromatic rings. The maximum atomic E-state index is 12.2. The molecule has 0 aliphatic rings. The van der Waals surface area contributed by atoms with Crippen molar-refractivity contribution >= 4 is 37.8 Å². The van der Waals surface area contributed by atoms with Gasteiger partial charge in [-0.15, -0.1) is 0 Å². The number of rotatable bonds is 7. The second-order valence-electron chi connectivity index (χ2n) is 5.71. The average Bonchev–Trinajstić information content (AvgIpc) is 2.57. The van der Waals surface area contributed by atoms with Crippen molar-refractivity contribution in [2.24, 2.45) is 0 Å². The first-order chi connectivity index (χ1) is 11.9. The van der Waals surface area contributed by atoms with Gasteiger partial charge in [0.1, 0.15) is 5.75 Å². The van der Waals surface area contributed by atoms with Crippen molar-refractivity contribution in [3.8, 4) is 0 Å². The van der Waals surface area contributed by atoms with E-state index < -0.39 is 21.5 Å². The van der Waals surface area contributed by atoms with Crippen molar-refractivity contribution in [1.29, 1.82) is 0 Å². The monoisotopic (exact) mass is 421 g/mol. The largest absolute Gasteiger partial charge is 0.341 e. The minimum Gasteiger partial charge on any atom is -0.341 e. The van der Waals surface area contributed by atoms with E-state index >= 15 is 0 Å². The number of sulfone groups is 1. The highest BCUT2D eigenvalue weighted by Gasteiger charge is 2.19. The molecular formula is C19H20BrNO3S. The third-order valence-electron chi connectivity index (χ3n) is 3.59. The summed E-state index contributed by atoms with van der Waals surface area (Å²) in [6, 6.07) is 17.0. The summed E-state index contributed by atoms with van der Waals surface area (Å²) in [7, 11) is -1.88. The second kappa shape index (κ2) is 8.97. The molecule has 0 atom stereocenters. The van der Waals surface area contributed by atoms with Crippen LogP contribution >= 0.6 is 15.9 Å². The van der Waals surface area contributed by atoms with Crippen LogP contribution in [0.5, 0.6) is 0 Å². The van der Waals surface area contributed by atoms with Crippen molar-refractivity contribution < 1.29 is 13.2 Å². The van der Waals surface area contributed by atoms with E-state index in [1.54, 1.807) is 19.2 Å². The zero-order chi connectivity index (χ0) is 18.3. The molecule has 0 spiro atoms. The van der Waals surface area contributed by atoms with E-state index in [0.29, 0.717) is 6.54 Å². The van der Waals surface area contributed by atoms with Gasteiger partial charge in [0.2, 0.25) is 5.91 Å². The summed E-state index contributed by atoms with van der Waals surface area (Å²) >= 11 is 3.43. The summed E-state index contributed by atoms with van der Waals surface area (Å²) in [6.07, 6.45) is 3.32. The van der Waals surface area contributed by atoms with E-state index in [-0.39, 0.29) is 5.75 Å². The van der Waals surface area contributed by atoms with Crippen LogP contribution in [0.2, 0.25) is 0 Å². The molecule has 4 nitrogen and oxygen atoms in total. The number of amides is 1. The van der Waals surface area contributed by atoms with Crippen LogP contribution in [0.3, 0.4) is 0 Å². The summed E-state index contributed by atoms with van der Waals surface area (Å²) in [5, 5.41) is 0. The van der Waals surface area contributed by atoms with Crippen molar-refractivity contribution in [1.82, 2.24) is 4.90 Å². The normalized spacial score (nSPS) is 11.6. The predicted octanol–water partition coefficient (Wildman–Crippen LogP) is 3.54. The smallest absolute Gasteiger partial charge is 0.237 e. The van der Waals surface area contributed by atoms with Crippen LogP contribution in [0, 0.1) is 0 Å². The van der Waals surface area contributed by atoms with Crippen molar-refractivity contribution in [3.05, 3.63) is 76.3 Å². The minimum atomic E-state index is -3.49. The van der Waals surface area contributed by atoms with Gasteiger partial charge in [0.05, 0.1) is 5.75 Å². The number of hydrogen-bond acceptors (Lipinski definition) is 3. The molecule has 0 saturated heterocycles. The van der Waals surface area contributed by atoms with Gasteiger partial charge in [0.25, 0.3) is 0 Å². The molecule has 0 unspecified atom stereocenters. The van der Waals surface area contributed by atoms with Gasteiger partial charge in [-0.3, -0.25) is 4.79 Å². The Morgan fingerprint density at radius 3 is 2.40 bits per heavy atom. The molecule has 25 heavy (non-hydrogen) atoms. The fourth-order valence-electron chi connectivity index (χ4n) is 2.22. The molecule has 6 heteroatoms. The molecule has 0 fully saturated rings. The van der Waals surface area contributed by atoms with Gasteiger partial charge in [-0.25, -0.2) is 8.42 Å². The molecule has 2 rings (SSSR count). The Morgan fingerprint density at radius 2 is 1.72 bits per heavy atom. The van der Waals surface area contributed by atoms with E-state index in [1.165, 1.54) is 4.90 Å². The first kappa shape index (κ1) is 19.4. The summed E-state index contributed by atoms with van der Waals surface area (Å²) < 4.78 is 25.2. The molecule has 0 aromatic heterocycles. The topological polar surface area (TPSA) is 54.5 Å². The fourth-order valence-corrected chi connectivity index (χ4v) is 3.74. The zero-order valence-electron chi connectivity index (χ0n) is 13.9. The number of benzene rings is 2. The van der Waals surface area contributed by atoms with Gasteiger partial charge in [-0.2, -0.15) is 0 Å². The predicted molar refractivity (Wildman–Crippen MR) is 105 cm³/mol. The molecule has 2 aromatic carbocycles. The quantitative estimate of drug-likeness (QED) is 0.686. The lowest BCUT2D eigenvalue weighted by atomic mass is 10.2. The number of carbonyl (C=O) groups is 1. The lowest BCUT2D eigenvalue weighted by Gasteiger charge is -2.18. The third kappa shape index (κ3) is 6.48. The molecule has 0 radical (unpaired) electrons. The van der Waals surface area contributed by atoms with Gasteiger partial charge in [-0.05, 0) is 17.2 Å². The summed E-state index contributed by atoms with van der Waals surface area (Å²) in [5.74, 6) is -1.06. The van der Waals surface area contributed by atoms with Gasteiger partial charge < -0.3 is 4.90 Å². The average molecular weight is 422 g/mol. The SMILES string of the molecule is CN(Cc1ccccc1Br)C(=O)CS(=O)(=O)C/C=C/c1ccccc1. The Bertz CT molecular complexity index is 848. The van der Waals surface area contributed by atoms with E-state index in [9.17, 15) is 13.2 Å². The van der Waals surface area contributed by atoms with E-state index in [4.69, 9.17) is 0 Å². The van der Waals surface area contributed by atoms with Crippen LogP contribution in [-0.4, -0.2) is 37.8 Å². The van der Waals surface area contributed by atoms with Crippen LogP contribution in [-0.2, 0) is 21.2 Å². The van der Waals surface area contributed by atoms with Crippen LogP contribution in [0.15, 0.2) is 65.1 Å². The zero-order valence-corrected chi connectivity index (χ0v) is 16.3. The molecule has 0 N–H and O–H groups in total.